The Labute approximate surface area is 517 Å². The second kappa shape index (κ2) is 29.3. The zero-order valence-corrected chi connectivity index (χ0v) is 49.1. The van der Waals surface area contributed by atoms with Gasteiger partial charge in [-0.1, -0.05) is 133 Å². The fourth-order valence-electron chi connectivity index (χ4n) is 9.06. The van der Waals surface area contributed by atoms with Crippen LogP contribution in [0.5, 0.6) is 17.6 Å². The van der Waals surface area contributed by atoms with Crippen LogP contribution in [0.25, 0.3) is 37.0 Å². The minimum Gasteiger partial charge on any atom is -0.503 e. The van der Waals surface area contributed by atoms with E-state index < -0.39 is 16.7 Å². The summed E-state index contributed by atoms with van der Waals surface area (Å²) in [6.45, 7) is 29.5. The normalized spacial score (nSPS) is 11.0. The molecule has 6 heterocycles. The number of aromatic nitrogens is 12. The number of hydrogen-bond acceptors (Lipinski definition) is 20. The molecule has 0 radical (unpaired) electrons. The third kappa shape index (κ3) is 14.2. The Morgan fingerprint density at radius 1 is 0.516 bits per heavy atom. The molecule has 91 heavy (non-hydrogen) atoms. The number of pyridine rings is 3. The van der Waals surface area contributed by atoms with Crippen molar-refractivity contribution in [3.05, 3.63) is 255 Å². The Morgan fingerprint density at radius 3 is 1.30 bits per heavy atom. The van der Waals surface area contributed by atoms with Crippen LogP contribution in [0.15, 0.2) is 180 Å². The Hall–Kier alpha value is -13.2. The number of hydrazone groups is 3. The van der Waals surface area contributed by atoms with Crippen LogP contribution in [0.2, 0.25) is 0 Å². The molecule has 0 saturated heterocycles. The van der Waals surface area contributed by atoms with E-state index in [-0.39, 0.29) is 82.4 Å². The quantitative estimate of drug-likeness (QED) is 0.0264. The molecule has 0 atom stereocenters. The highest BCUT2D eigenvalue weighted by atomic mass is 16.4. The molecule has 11 aromatic rings. The van der Waals surface area contributed by atoms with Crippen LogP contribution in [0.3, 0.4) is 0 Å². The highest BCUT2D eigenvalue weighted by molar-refractivity contribution is 5.87. The molecule has 0 unspecified atom stereocenters. The number of rotatable bonds is 18. The second-order valence-corrected chi connectivity index (χ2v) is 19.6. The largest absolute Gasteiger partial charge is 0.503 e. The summed E-state index contributed by atoms with van der Waals surface area (Å²) in [7, 11) is 0. The van der Waals surface area contributed by atoms with Gasteiger partial charge in [-0.25, -0.2) is 30.8 Å². The SMILES string of the molecule is [C-]#[N+]c1c(C)c(/C=N/Nc2nc3ccccc3o2)c(=O)n(Cc2ccccc2)c1O.[C-]#[N+]c1c(C)c(/C=N/Nc2nnnn2-c2ccccc2)c(=O)n(CCCC)c1O.[C-]#[N+]c1c(C)c(/C=N/Nc2nnnn2-c2ccccc2)c(=O)n(Cc2ccccc2)c1O. The summed E-state index contributed by atoms with van der Waals surface area (Å²) in [5, 5.41) is 66.5. The first kappa shape index (κ1) is 62.4. The molecule has 11 rings (SSSR count). The van der Waals surface area contributed by atoms with Gasteiger partial charge in [-0.15, -0.1) is 0 Å². The van der Waals surface area contributed by atoms with Gasteiger partial charge in [0.05, 0.1) is 79.5 Å². The topological polar surface area (TPSA) is 326 Å². The standard InChI is InChI=1S/C22H18N8O2.C22H17N5O3.C19H20N8O2/c1-15-18(13-24-25-22-26-27-28-30(22)17-11-7-4-8-12-17)20(31)29(21(32)19(15)23-2)14-16-9-5-3-6-10-16;1-14-16(12-24-26-22-25-17-10-6-7-11-18(17)30-22)20(28)27(21(29)19(14)23-2)13-15-8-4-3-5-9-15;1-4-5-11-26-17(28)15(13(2)16(20-3)18(26)29)12-21-22-19-23-24-25-27(19)14-9-7-6-8-10-14/h3-13,32H,14H2,1H3,(H,25,26,28);3-12,29H,13H2,1H3,(H,25,26);6-10,12,29H,4-5,11H2,1-2H3,(H,22,23,25)/b24-13+;24-12+;21-12+. The van der Waals surface area contributed by atoms with Crippen molar-refractivity contribution >= 4 is 64.7 Å². The van der Waals surface area contributed by atoms with Gasteiger partial charge in [0, 0.05) is 6.54 Å². The average Bonchev–Trinajstić information content (AvgIpc) is 1.63. The van der Waals surface area contributed by atoms with Gasteiger partial charge in [0.15, 0.2) is 23.2 Å². The van der Waals surface area contributed by atoms with E-state index in [0.29, 0.717) is 40.8 Å². The molecule has 0 aliphatic heterocycles. The molecular weight excluding hydrogens is 1160 g/mol. The minimum absolute atomic E-state index is 0.00361. The molecule has 0 fully saturated rings. The molecule has 6 aromatic heterocycles. The summed E-state index contributed by atoms with van der Waals surface area (Å²) >= 11 is 0. The fourth-order valence-corrected chi connectivity index (χ4v) is 9.06. The van der Waals surface area contributed by atoms with Gasteiger partial charge >= 0.3 is 6.01 Å². The molecule has 28 nitrogen and oxygen atoms in total. The van der Waals surface area contributed by atoms with Crippen molar-refractivity contribution in [2.24, 2.45) is 15.3 Å². The van der Waals surface area contributed by atoms with E-state index in [1.807, 2.05) is 146 Å². The summed E-state index contributed by atoms with van der Waals surface area (Å²) in [6.07, 6.45) is 5.48. The predicted molar refractivity (Wildman–Crippen MR) is 342 cm³/mol. The van der Waals surface area contributed by atoms with Crippen LogP contribution >= 0.6 is 0 Å². The maximum absolute atomic E-state index is 13.1. The molecular formula is C63H55N21O7. The van der Waals surface area contributed by atoms with Gasteiger partial charge in [0.25, 0.3) is 28.6 Å². The van der Waals surface area contributed by atoms with Crippen molar-refractivity contribution in [3.8, 4) is 29.0 Å². The summed E-state index contributed by atoms with van der Waals surface area (Å²) in [6, 6.07) is 44.4. The molecule has 0 spiro atoms. The van der Waals surface area contributed by atoms with Crippen LogP contribution in [-0.2, 0) is 19.6 Å². The summed E-state index contributed by atoms with van der Waals surface area (Å²) in [5.74, 6) is -0.529. The highest BCUT2D eigenvalue weighted by Gasteiger charge is 2.22. The Balaban J connectivity index is 0.000000162. The molecule has 0 amide bonds. The van der Waals surface area contributed by atoms with Gasteiger partial charge in [0.2, 0.25) is 17.1 Å². The summed E-state index contributed by atoms with van der Waals surface area (Å²) in [5.41, 5.74) is 12.8. The van der Waals surface area contributed by atoms with E-state index in [1.165, 1.54) is 32.6 Å². The lowest BCUT2D eigenvalue weighted by Gasteiger charge is -2.14. The Kier molecular flexibility index (Phi) is 20.1. The number of anilines is 3. The van der Waals surface area contributed by atoms with Gasteiger partial charge in [0.1, 0.15) is 5.52 Å². The van der Waals surface area contributed by atoms with E-state index in [0.717, 1.165) is 38.1 Å². The molecule has 454 valence electrons. The van der Waals surface area contributed by atoms with Crippen molar-refractivity contribution in [1.29, 1.82) is 0 Å². The number of oxazole rings is 1. The number of benzene rings is 5. The van der Waals surface area contributed by atoms with Crippen molar-refractivity contribution in [2.75, 3.05) is 16.3 Å². The lowest BCUT2D eigenvalue weighted by molar-refractivity contribution is 0.404. The zero-order valence-electron chi connectivity index (χ0n) is 49.1. The number of aromatic hydroxyl groups is 3. The van der Waals surface area contributed by atoms with Crippen LogP contribution in [0.4, 0.5) is 35.0 Å². The fraction of sp³-hybridized carbons (Fsp3) is 0.143. The summed E-state index contributed by atoms with van der Waals surface area (Å²) < 4.78 is 12.0. The van der Waals surface area contributed by atoms with Gasteiger partial charge in [-0.2, -0.15) is 29.7 Å². The number of fused-ring (bicyclic) bond motifs is 1. The van der Waals surface area contributed by atoms with Crippen molar-refractivity contribution < 1.29 is 19.7 Å². The first-order valence-corrected chi connectivity index (χ1v) is 27.8. The number of unbranched alkanes of at least 4 members (excludes halogenated alkanes) is 1. The number of para-hydroxylation sites is 4. The van der Waals surface area contributed by atoms with Crippen LogP contribution in [-0.4, -0.2) is 93.1 Å². The smallest absolute Gasteiger partial charge is 0.316 e. The van der Waals surface area contributed by atoms with Crippen molar-refractivity contribution in [2.45, 2.75) is 60.2 Å². The van der Waals surface area contributed by atoms with Crippen LogP contribution < -0.4 is 33.0 Å². The molecule has 0 bridgehead atoms. The zero-order chi connectivity index (χ0) is 64.4. The molecule has 5 aromatic carbocycles. The number of nitrogens with one attached hydrogen (secondary N) is 3. The highest BCUT2D eigenvalue weighted by Crippen LogP contribution is 2.33. The molecule has 6 N–H and O–H groups in total. The lowest BCUT2D eigenvalue weighted by Crippen LogP contribution is -2.25. The van der Waals surface area contributed by atoms with E-state index in [4.69, 9.17) is 24.1 Å². The van der Waals surface area contributed by atoms with Crippen molar-refractivity contribution in [3.63, 3.8) is 0 Å². The summed E-state index contributed by atoms with van der Waals surface area (Å²) in [4.78, 5) is 53.3. The van der Waals surface area contributed by atoms with Crippen molar-refractivity contribution in [1.82, 2.24) is 59.1 Å². The van der Waals surface area contributed by atoms with E-state index in [2.05, 4.69) is 82.2 Å². The average molecular weight is 1220 g/mol. The van der Waals surface area contributed by atoms with E-state index >= 15 is 0 Å². The van der Waals surface area contributed by atoms with Crippen LogP contribution in [0, 0.1) is 40.5 Å². The molecule has 0 saturated carbocycles. The first-order valence-electron chi connectivity index (χ1n) is 27.8. The molecule has 28 heteroatoms. The molecule has 0 aliphatic rings. The second-order valence-electron chi connectivity index (χ2n) is 19.6. The third-order valence-electron chi connectivity index (χ3n) is 13.8. The molecule has 0 aliphatic carbocycles. The van der Waals surface area contributed by atoms with Gasteiger partial charge in [-0.3, -0.25) is 28.1 Å². The Bertz CT molecular complexity index is 4770. The third-order valence-corrected chi connectivity index (χ3v) is 13.8. The number of tetrazole rings is 2. The Morgan fingerprint density at radius 2 is 0.890 bits per heavy atom. The van der Waals surface area contributed by atoms with Gasteiger partial charge < -0.3 is 19.7 Å². The maximum atomic E-state index is 13.1. The predicted octanol–water partition coefficient (Wildman–Crippen LogP) is 9.57. The van der Waals surface area contributed by atoms with E-state index in [9.17, 15) is 29.7 Å². The van der Waals surface area contributed by atoms with Gasteiger partial charge in [-0.05, 0) is 112 Å². The maximum Gasteiger partial charge on any atom is 0.316 e. The van der Waals surface area contributed by atoms with E-state index in [1.54, 1.807) is 26.8 Å². The van der Waals surface area contributed by atoms with Crippen LogP contribution in [0.1, 0.15) is 64.3 Å². The first-order chi connectivity index (χ1) is 44.3. The number of nitrogens with zero attached hydrogens (tertiary/aromatic N) is 18. The number of hydrogen-bond donors (Lipinski definition) is 6. The monoisotopic (exact) mass is 1220 g/mol. The minimum atomic E-state index is -0.468. The lowest BCUT2D eigenvalue weighted by atomic mass is 10.1.